The van der Waals surface area contributed by atoms with Crippen molar-refractivity contribution in [2.45, 2.75) is 42.8 Å². The minimum atomic E-state index is 0.342. The van der Waals surface area contributed by atoms with Crippen LogP contribution in [-0.4, -0.2) is 14.1 Å². The molecule has 120 valence electrons. The highest BCUT2D eigenvalue weighted by molar-refractivity contribution is 8.00. The number of nitriles is 1. The molecular formula is C20H19N3S. The van der Waals surface area contributed by atoms with Gasteiger partial charge in [-0.1, -0.05) is 13.3 Å². The van der Waals surface area contributed by atoms with Crippen molar-refractivity contribution in [1.82, 2.24) is 9.38 Å². The number of pyridine rings is 2. The second kappa shape index (κ2) is 5.68. The Balaban J connectivity index is 1.88. The molecular weight excluding hydrogens is 314 g/mol. The maximum atomic E-state index is 9.37. The molecule has 1 aliphatic carbocycles. The average Bonchev–Trinajstić information content (AvgIpc) is 2.94. The lowest BCUT2D eigenvalue weighted by Gasteiger charge is -2.38. The normalized spacial score (nSPS) is 15.9. The molecule has 0 radical (unpaired) electrons. The molecule has 1 saturated carbocycles. The topological polar surface area (TPSA) is 41.1 Å². The summed E-state index contributed by atoms with van der Waals surface area (Å²) in [7, 11) is 0. The van der Waals surface area contributed by atoms with Crippen molar-refractivity contribution in [2.75, 3.05) is 0 Å². The fourth-order valence-corrected chi connectivity index (χ4v) is 4.77. The SMILES string of the molecule is Cc1cc2c(C#N)ccc(-c3cnccc3SC3(C)CCC3)n2c1. The summed E-state index contributed by atoms with van der Waals surface area (Å²) in [5.41, 5.74) is 5.05. The minimum absolute atomic E-state index is 0.342. The summed E-state index contributed by atoms with van der Waals surface area (Å²) >= 11 is 1.96. The molecule has 0 atom stereocenters. The summed E-state index contributed by atoms with van der Waals surface area (Å²) in [6.45, 7) is 4.41. The summed E-state index contributed by atoms with van der Waals surface area (Å²) < 4.78 is 2.46. The molecule has 0 bridgehead atoms. The molecule has 3 aromatic rings. The largest absolute Gasteiger partial charge is 0.315 e. The number of aryl methyl sites for hydroxylation is 1. The van der Waals surface area contributed by atoms with Crippen molar-refractivity contribution in [3.63, 3.8) is 0 Å². The zero-order valence-corrected chi connectivity index (χ0v) is 14.7. The van der Waals surface area contributed by atoms with Gasteiger partial charge in [-0.15, -0.1) is 11.8 Å². The predicted molar refractivity (Wildman–Crippen MR) is 98.2 cm³/mol. The molecule has 4 heteroatoms. The standard InChI is InChI=1S/C20H19N3S/c1-14-10-18-15(11-21)4-5-17(23(18)13-14)16-12-22-9-6-19(16)24-20(2)7-3-8-20/h4-6,9-10,12-13H,3,7-8H2,1-2H3. The highest BCUT2D eigenvalue weighted by Gasteiger charge is 2.33. The lowest BCUT2D eigenvalue weighted by atomic mass is 9.86. The molecule has 0 amide bonds. The number of hydrogen-bond acceptors (Lipinski definition) is 3. The molecule has 24 heavy (non-hydrogen) atoms. The predicted octanol–water partition coefficient (Wildman–Crippen LogP) is 5.22. The van der Waals surface area contributed by atoms with Crippen LogP contribution < -0.4 is 0 Å². The van der Waals surface area contributed by atoms with Gasteiger partial charge in [0, 0.05) is 33.8 Å². The van der Waals surface area contributed by atoms with Gasteiger partial charge in [-0.25, -0.2) is 0 Å². The fourth-order valence-electron chi connectivity index (χ4n) is 3.35. The van der Waals surface area contributed by atoms with Crippen LogP contribution in [0.3, 0.4) is 0 Å². The third-order valence-electron chi connectivity index (χ3n) is 4.85. The van der Waals surface area contributed by atoms with Crippen molar-refractivity contribution in [1.29, 1.82) is 5.26 Å². The number of nitrogens with zero attached hydrogens (tertiary/aromatic N) is 3. The van der Waals surface area contributed by atoms with Crippen LogP contribution in [0.25, 0.3) is 16.8 Å². The van der Waals surface area contributed by atoms with Crippen LogP contribution in [0.15, 0.2) is 47.8 Å². The van der Waals surface area contributed by atoms with Gasteiger partial charge in [0.25, 0.3) is 0 Å². The molecule has 3 heterocycles. The third kappa shape index (κ3) is 2.50. The molecule has 1 fully saturated rings. The van der Waals surface area contributed by atoms with E-state index >= 15 is 0 Å². The van der Waals surface area contributed by atoms with Crippen LogP contribution in [-0.2, 0) is 0 Å². The number of fused-ring (bicyclic) bond motifs is 1. The van der Waals surface area contributed by atoms with E-state index in [9.17, 15) is 5.26 Å². The summed E-state index contributed by atoms with van der Waals surface area (Å²) in [6, 6.07) is 10.4. The number of rotatable bonds is 3. The summed E-state index contributed by atoms with van der Waals surface area (Å²) in [6.07, 6.45) is 9.77. The van der Waals surface area contributed by atoms with E-state index in [0.717, 1.165) is 22.3 Å². The Bertz CT molecular complexity index is 961. The van der Waals surface area contributed by atoms with E-state index in [-0.39, 0.29) is 0 Å². The molecule has 3 nitrogen and oxygen atoms in total. The van der Waals surface area contributed by atoms with E-state index in [1.54, 1.807) is 0 Å². The van der Waals surface area contributed by atoms with Crippen LogP contribution in [0.1, 0.15) is 37.3 Å². The van der Waals surface area contributed by atoms with Gasteiger partial charge in [0.15, 0.2) is 0 Å². The molecule has 0 spiro atoms. The molecule has 1 aliphatic rings. The van der Waals surface area contributed by atoms with Gasteiger partial charge in [-0.3, -0.25) is 4.98 Å². The van der Waals surface area contributed by atoms with Crippen molar-refractivity contribution >= 4 is 17.3 Å². The molecule has 0 N–H and O–H groups in total. The first-order valence-corrected chi connectivity index (χ1v) is 9.06. The van der Waals surface area contributed by atoms with Gasteiger partial charge in [-0.2, -0.15) is 5.26 Å². The lowest BCUT2D eigenvalue weighted by molar-refractivity contribution is 0.392. The Labute approximate surface area is 146 Å². The van der Waals surface area contributed by atoms with Gasteiger partial charge < -0.3 is 4.40 Å². The monoisotopic (exact) mass is 333 g/mol. The Hall–Kier alpha value is -2.25. The fraction of sp³-hybridized carbons (Fsp3) is 0.300. The second-order valence-electron chi connectivity index (χ2n) is 6.79. The van der Waals surface area contributed by atoms with Crippen LogP contribution >= 0.6 is 11.8 Å². The Morgan fingerprint density at radius 2 is 2.12 bits per heavy atom. The molecule has 0 aromatic carbocycles. The molecule has 3 aromatic heterocycles. The lowest BCUT2D eigenvalue weighted by Crippen LogP contribution is -2.28. The highest BCUT2D eigenvalue weighted by atomic mass is 32.2. The Morgan fingerprint density at radius 3 is 2.83 bits per heavy atom. The van der Waals surface area contributed by atoms with E-state index in [2.05, 4.69) is 47.6 Å². The molecule has 0 aliphatic heterocycles. The zero-order valence-electron chi connectivity index (χ0n) is 13.9. The first-order valence-electron chi connectivity index (χ1n) is 8.25. The maximum Gasteiger partial charge on any atom is 0.101 e. The Morgan fingerprint density at radius 1 is 1.29 bits per heavy atom. The summed E-state index contributed by atoms with van der Waals surface area (Å²) in [4.78, 5) is 5.63. The highest BCUT2D eigenvalue weighted by Crippen LogP contribution is 2.49. The van der Waals surface area contributed by atoms with E-state index in [1.807, 2.05) is 36.3 Å². The Kier molecular flexibility index (Phi) is 3.62. The first kappa shape index (κ1) is 15.3. The van der Waals surface area contributed by atoms with Crippen molar-refractivity contribution in [3.05, 3.63) is 54.0 Å². The van der Waals surface area contributed by atoms with Crippen LogP contribution in [0.5, 0.6) is 0 Å². The second-order valence-corrected chi connectivity index (χ2v) is 8.42. The van der Waals surface area contributed by atoms with Crippen molar-refractivity contribution in [2.24, 2.45) is 0 Å². The first-order chi connectivity index (χ1) is 11.6. The van der Waals surface area contributed by atoms with Gasteiger partial charge in [0.1, 0.15) is 6.07 Å². The zero-order chi connectivity index (χ0) is 16.7. The van der Waals surface area contributed by atoms with Gasteiger partial charge in [-0.05, 0) is 49.6 Å². The van der Waals surface area contributed by atoms with E-state index in [1.165, 1.54) is 24.2 Å². The maximum absolute atomic E-state index is 9.37. The third-order valence-corrected chi connectivity index (χ3v) is 6.32. The van der Waals surface area contributed by atoms with Crippen LogP contribution in [0.4, 0.5) is 0 Å². The summed E-state index contributed by atoms with van der Waals surface area (Å²) in [5, 5.41) is 9.37. The van der Waals surface area contributed by atoms with E-state index < -0.39 is 0 Å². The van der Waals surface area contributed by atoms with Gasteiger partial charge >= 0.3 is 0 Å². The van der Waals surface area contributed by atoms with Gasteiger partial charge in [0.2, 0.25) is 0 Å². The number of hydrogen-bond donors (Lipinski definition) is 0. The number of thioether (sulfide) groups is 1. The average molecular weight is 333 g/mol. The quantitative estimate of drug-likeness (QED) is 0.660. The van der Waals surface area contributed by atoms with E-state index in [4.69, 9.17) is 0 Å². The van der Waals surface area contributed by atoms with Crippen LogP contribution in [0.2, 0.25) is 0 Å². The molecule has 0 saturated heterocycles. The minimum Gasteiger partial charge on any atom is -0.315 e. The molecule has 4 rings (SSSR count). The summed E-state index contributed by atoms with van der Waals surface area (Å²) in [5.74, 6) is 0. The number of aromatic nitrogens is 2. The van der Waals surface area contributed by atoms with Crippen LogP contribution in [0, 0.1) is 18.3 Å². The van der Waals surface area contributed by atoms with Crippen molar-refractivity contribution in [3.8, 4) is 17.3 Å². The molecule has 0 unspecified atom stereocenters. The van der Waals surface area contributed by atoms with Gasteiger partial charge in [0.05, 0.1) is 16.8 Å². The van der Waals surface area contributed by atoms with Crippen molar-refractivity contribution < 1.29 is 0 Å². The smallest absolute Gasteiger partial charge is 0.101 e. The van der Waals surface area contributed by atoms with E-state index in [0.29, 0.717) is 10.3 Å².